The maximum Gasteiger partial charge on any atom is 0.147 e. The smallest absolute Gasteiger partial charge is 0.143 e. The molecule has 0 aliphatic heterocycles. The van der Waals surface area contributed by atoms with E-state index in [9.17, 15) is 0 Å². The van der Waals surface area contributed by atoms with E-state index in [0.29, 0.717) is 5.92 Å². The number of aryl methyl sites for hydroxylation is 1. The highest BCUT2D eigenvalue weighted by Crippen LogP contribution is 2.24. The lowest BCUT2D eigenvalue weighted by atomic mass is 10.0. The van der Waals surface area contributed by atoms with Gasteiger partial charge in [-0.3, -0.25) is 0 Å². The third kappa shape index (κ3) is 2.23. The third-order valence-electron chi connectivity index (χ3n) is 2.35. The molecule has 0 saturated heterocycles. The van der Waals surface area contributed by atoms with E-state index in [1.165, 1.54) is 5.56 Å². The Labute approximate surface area is 94.0 Å². The minimum atomic E-state index is 0.579. The van der Waals surface area contributed by atoms with Gasteiger partial charge in [0.15, 0.2) is 0 Å². The lowest BCUT2D eigenvalue weighted by Gasteiger charge is -2.04. The van der Waals surface area contributed by atoms with E-state index in [2.05, 4.69) is 48.3 Å². The molecule has 0 spiro atoms. The van der Waals surface area contributed by atoms with Crippen molar-refractivity contribution >= 4 is 11.3 Å². The molecule has 0 N–H and O–H groups in total. The van der Waals surface area contributed by atoms with Crippen LogP contribution in [0.15, 0.2) is 24.3 Å². The van der Waals surface area contributed by atoms with Gasteiger partial charge in [0, 0.05) is 5.56 Å². The second kappa shape index (κ2) is 4.11. The minimum Gasteiger partial charge on any atom is -0.143 e. The summed E-state index contributed by atoms with van der Waals surface area (Å²) in [5, 5.41) is 10.2. The summed E-state index contributed by atoms with van der Waals surface area (Å²) in [6.45, 7) is 6.37. The van der Waals surface area contributed by atoms with Gasteiger partial charge >= 0.3 is 0 Å². The molecule has 0 atom stereocenters. The summed E-state index contributed by atoms with van der Waals surface area (Å²) in [6.07, 6.45) is 0. The van der Waals surface area contributed by atoms with Crippen LogP contribution in [0.1, 0.15) is 30.3 Å². The highest BCUT2D eigenvalue weighted by atomic mass is 32.1. The summed E-state index contributed by atoms with van der Waals surface area (Å²) in [4.78, 5) is 0. The molecule has 1 heterocycles. The summed E-state index contributed by atoms with van der Waals surface area (Å²) >= 11 is 1.63. The van der Waals surface area contributed by atoms with Crippen molar-refractivity contribution in [1.82, 2.24) is 10.2 Å². The Bertz CT molecular complexity index is 443. The van der Waals surface area contributed by atoms with Crippen LogP contribution in [0, 0.1) is 6.92 Å². The molecule has 1 aromatic heterocycles. The number of rotatable bonds is 2. The number of hydrogen-bond acceptors (Lipinski definition) is 3. The van der Waals surface area contributed by atoms with Crippen molar-refractivity contribution in [3.05, 3.63) is 34.8 Å². The topological polar surface area (TPSA) is 25.8 Å². The fraction of sp³-hybridized carbons (Fsp3) is 0.333. The van der Waals surface area contributed by atoms with E-state index < -0.39 is 0 Å². The Balaban J connectivity index is 2.31. The van der Waals surface area contributed by atoms with Gasteiger partial charge in [-0.05, 0) is 18.4 Å². The van der Waals surface area contributed by atoms with Crippen molar-refractivity contribution in [1.29, 1.82) is 0 Å². The van der Waals surface area contributed by atoms with Crippen molar-refractivity contribution in [2.75, 3.05) is 0 Å². The molecule has 0 aliphatic carbocycles. The van der Waals surface area contributed by atoms with Gasteiger partial charge in [0.25, 0.3) is 0 Å². The van der Waals surface area contributed by atoms with E-state index in [-0.39, 0.29) is 0 Å². The molecule has 2 nitrogen and oxygen atoms in total. The van der Waals surface area contributed by atoms with E-state index in [1.54, 1.807) is 11.3 Å². The number of benzene rings is 1. The van der Waals surface area contributed by atoms with Crippen LogP contribution in [0.4, 0.5) is 0 Å². The highest BCUT2D eigenvalue weighted by molar-refractivity contribution is 7.14. The quantitative estimate of drug-likeness (QED) is 0.769. The Hall–Kier alpha value is -1.22. The van der Waals surface area contributed by atoms with Crippen LogP contribution in [0.2, 0.25) is 0 Å². The van der Waals surface area contributed by atoms with E-state index in [1.807, 2.05) is 6.92 Å². The predicted molar refractivity (Wildman–Crippen MR) is 64.2 cm³/mol. The van der Waals surface area contributed by atoms with Gasteiger partial charge in [-0.25, -0.2) is 0 Å². The standard InChI is InChI=1S/C12H14N2S/c1-8(2)10-4-6-11(7-5-10)12-14-13-9(3)15-12/h4-8H,1-3H3. The Morgan fingerprint density at radius 1 is 1.07 bits per heavy atom. The van der Waals surface area contributed by atoms with Crippen molar-refractivity contribution in [2.45, 2.75) is 26.7 Å². The van der Waals surface area contributed by atoms with E-state index in [4.69, 9.17) is 0 Å². The largest absolute Gasteiger partial charge is 0.147 e. The van der Waals surface area contributed by atoms with Crippen LogP contribution in [-0.2, 0) is 0 Å². The lowest BCUT2D eigenvalue weighted by molar-refractivity contribution is 0.867. The zero-order valence-corrected chi connectivity index (χ0v) is 10.0. The SMILES string of the molecule is Cc1nnc(-c2ccc(C(C)C)cc2)s1. The molecule has 0 amide bonds. The average Bonchev–Trinajstić information content (AvgIpc) is 2.65. The maximum atomic E-state index is 4.13. The fourth-order valence-corrected chi connectivity index (χ4v) is 2.12. The zero-order valence-electron chi connectivity index (χ0n) is 9.19. The first-order valence-corrected chi connectivity index (χ1v) is 5.89. The monoisotopic (exact) mass is 218 g/mol. The molecule has 0 aliphatic rings. The summed E-state index contributed by atoms with van der Waals surface area (Å²) in [7, 11) is 0. The van der Waals surface area contributed by atoms with Gasteiger partial charge in [-0.2, -0.15) is 0 Å². The molecule has 1 aromatic carbocycles. The van der Waals surface area contributed by atoms with Crippen LogP contribution in [0.5, 0.6) is 0 Å². The van der Waals surface area contributed by atoms with Crippen LogP contribution in [-0.4, -0.2) is 10.2 Å². The highest BCUT2D eigenvalue weighted by Gasteiger charge is 2.04. The van der Waals surface area contributed by atoms with Crippen molar-refractivity contribution in [3.63, 3.8) is 0 Å². The van der Waals surface area contributed by atoms with Gasteiger partial charge in [0.2, 0.25) is 0 Å². The van der Waals surface area contributed by atoms with Gasteiger partial charge < -0.3 is 0 Å². The fourth-order valence-electron chi connectivity index (χ4n) is 1.42. The third-order valence-corrected chi connectivity index (χ3v) is 3.24. The summed E-state index contributed by atoms with van der Waals surface area (Å²) in [5.74, 6) is 0.579. The first-order chi connectivity index (χ1) is 7.16. The van der Waals surface area contributed by atoms with E-state index >= 15 is 0 Å². The minimum absolute atomic E-state index is 0.579. The van der Waals surface area contributed by atoms with Crippen LogP contribution in [0.3, 0.4) is 0 Å². The average molecular weight is 218 g/mol. The van der Waals surface area contributed by atoms with Gasteiger partial charge in [-0.1, -0.05) is 49.4 Å². The first-order valence-electron chi connectivity index (χ1n) is 5.07. The van der Waals surface area contributed by atoms with Gasteiger partial charge in [0.05, 0.1) is 0 Å². The molecule has 0 saturated carbocycles. The normalized spacial score (nSPS) is 10.9. The molecular weight excluding hydrogens is 204 g/mol. The number of aromatic nitrogens is 2. The first kappa shape index (κ1) is 10.3. The molecule has 3 heteroatoms. The predicted octanol–water partition coefficient (Wildman–Crippen LogP) is 3.64. The summed E-state index contributed by atoms with van der Waals surface area (Å²) < 4.78 is 0. The van der Waals surface area contributed by atoms with Gasteiger partial charge in [0.1, 0.15) is 10.0 Å². The second-order valence-corrected chi connectivity index (χ2v) is 5.08. The molecule has 0 radical (unpaired) electrons. The molecule has 0 unspecified atom stereocenters. The molecule has 15 heavy (non-hydrogen) atoms. The summed E-state index contributed by atoms with van der Waals surface area (Å²) in [5.41, 5.74) is 2.52. The Morgan fingerprint density at radius 2 is 1.73 bits per heavy atom. The van der Waals surface area contributed by atoms with E-state index in [0.717, 1.165) is 15.6 Å². The van der Waals surface area contributed by atoms with Crippen LogP contribution < -0.4 is 0 Å². The van der Waals surface area contributed by atoms with Crippen molar-refractivity contribution < 1.29 is 0 Å². The molecule has 78 valence electrons. The van der Waals surface area contributed by atoms with Crippen molar-refractivity contribution in [3.8, 4) is 10.6 Å². The van der Waals surface area contributed by atoms with Gasteiger partial charge in [-0.15, -0.1) is 10.2 Å². The summed E-state index contributed by atoms with van der Waals surface area (Å²) in [6, 6.07) is 8.57. The second-order valence-electron chi connectivity index (χ2n) is 3.90. The van der Waals surface area contributed by atoms with Crippen LogP contribution in [0.25, 0.3) is 10.6 Å². The molecule has 0 bridgehead atoms. The molecule has 2 aromatic rings. The van der Waals surface area contributed by atoms with Crippen molar-refractivity contribution in [2.24, 2.45) is 0 Å². The molecule has 2 rings (SSSR count). The Morgan fingerprint density at radius 3 is 2.20 bits per heavy atom. The molecule has 0 fully saturated rings. The number of hydrogen-bond donors (Lipinski definition) is 0. The molecular formula is C12H14N2S. The lowest BCUT2D eigenvalue weighted by Crippen LogP contribution is -1.86. The zero-order chi connectivity index (χ0) is 10.8. The number of nitrogens with zero attached hydrogens (tertiary/aromatic N) is 2. The Kier molecular flexibility index (Phi) is 2.82. The maximum absolute atomic E-state index is 4.13. The van der Waals surface area contributed by atoms with Crippen LogP contribution >= 0.6 is 11.3 Å².